The van der Waals surface area contributed by atoms with Gasteiger partial charge in [0, 0.05) is 6.42 Å². The number of ether oxygens (including phenoxy) is 1. The van der Waals surface area contributed by atoms with E-state index < -0.39 is 22.0 Å². The largest absolute Gasteiger partial charge is 1.00 e. The van der Waals surface area contributed by atoms with Crippen LogP contribution in [0.4, 0.5) is 0 Å². The minimum atomic E-state index is -4.19. The SMILES string of the molecule is CCCCC(=O)OCS(=O)(=O)O.[H-].[Li+]. The molecular formula is C6H13LiO5S. The van der Waals surface area contributed by atoms with Crippen molar-refractivity contribution in [2.24, 2.45) is 0 Å². The molecule has 0 unspecified atom stereocenters. The van der Waals surface area contributed by atoms with Gasteiger partial charge in [-0.3, -0.25) is 9.35 Å². The number of unbranched alkanes of at least 4 members (excludes halogenated alkanes) is 1. The van der Waals surface area contributed by atoms with Crippen molar-refractivity contribution in [2.75, 3.05) is 5.94 Å². The third-order valence-electron chi connectivity index (χ3n) is 1.10. The van der Waals surface area contributed by atoms with Crippen molar-refractivity contribution in [2.45, 2.75) is 26.2 Å². The summed E-state index contributed by atoms with van der Waals surface area (Å²) in [4.78, 5) is 10.7. The number of esters is 1. The van der Waals surface area contributed by atoms with Crippen LogP contribution in [-0.4, -0.2) is 24.9 Å². The normalized spacial score (nSPS) is 10.3. The van der Waals surface area contributed by atoms with Gasteiger partial charge in [0.25, 0.3) is 0 Å². The zero-order valence-corrected chi connectivity index (χ0v) is 8.63. The van der Waals surface area contributed by atoms with Crippen molar-refractivity contribution < 1.29 is 42.8 Å². The first-order chi connectivity index (χ1) is 5.45. The summed E-state index contributed by atoms with van der Waals surface area (Å²) < 4.78 is 32.6. The van der Waals surface area contributed by atoms with Crippen LogP contribution in [0.3, 0.4) is 0 Å². The van der Waals surface area contributed by atoms with Gasteiger partial charge in [0.05, 0.1) is 0 Å². The van der Waals surface area contributed by atoms with E-state index in [9.17, 15) is 13.2 Å². The number of hydrogen-bond donors (Lipinski definition) is 1. The van der Waals surface area contributed by atoms with Crippen LogP contribution in [0.15, 0.2) is 0 Å². The zero-order chi connectivity index (χ0) is 9.61. The van der Waals surface area contributed by atoms with Gasteiger partial charge < -0.3 is 6.16 Å². The molecule has 0 aromatic rings. The van der Waals surface area contributed by atoms with Gasteiger partial charge in [0.1, 0.15) is 0 Å². The summed E-state index contributed by atoms with van der Waals surface area (Å²) in [6.45, 7) is 1.90. The first-order valence-electron chi connectivity index (χ1n) is 3.56. The number of rotatable bonds is 5. The second kappa shape index (κ2) is 7.39. The third-order valence-corrected chi connectivity index (χ3v) is 1.52. The first-order valence-corrected chi connectivity index (χ1v) is 5.17. The molecular weight excluding hydrogens is 191 g/mol. The fourth-order valence-electron chi connectivity index (χ4n) is 0.533. The molecule has 0 aliphatic heterocycles. The van der Waals surface area contributed by atoms with Gasteiger partial charge in [0.2, 0.25) is 5.94 Å². The number of carbonyl (C=O) groups excluding carboxylic acids is 1. The zero-order valence-electron chi connectivity index (χ0n) is 8.82. The van der Waals surface area contributed by atoms with E-state index in [2.05, 4.69) is 4.74 Å². The van der Waals surface area contributed by atoms with E-state index in [1.54, 1.807) is 0 Å². The average Bonchev–Trinajstić information content (AvgIpc) is 1.95. The van der Waals surface area contributed by atoms with Crippen LogP contribution in [0.1, 0.15) is 27.6 Å². The Morgan fingerprint density at radius 1 is 1.54 bits per heavy atom. The Kier molecular flexibility index (Phi) is 8.78. The molecule has 0 atom stereocenters. The fourth-order valence-corrected chi connectivity index (χ4v) is 0.814. The maximum Gasteiger partial charge on any atom is 1.00 e. The maximum absolute atomic E-state index is 10.7. The summed E-state index contributed by atoms with van der Waals surface area (Å²) in [6.07, 6.45) is 1.68. The summed E-state index contributed by atoms with van der Waals surface area (Å²) >= 11 is 0. The molecule has 0 saturated heterocycles. The molecule has 5 nitrogen and oxygen atoms in total. The molecule has 1 N–H and O–H groups in total. The molecule has 0 aliphatic rings. The van der Waals surface area contributed by atoms with Crippen LogP contribution in [0.5, 0.6) is 0 Å². The van der Waals surface area contributed by atoms with Crippen molar-refractivity contribution in [3.05, 3.63) is 0 Å². The van der Waals surface area contributed by atoms with Gasteiger partial charge in [-0.15, -0.1) is 0 Å². The second-order valence-electron chi connectivity index (χ2n) is 2.32. The van der Waals surface area contributed by atoms with Crippen molar-refractivity contribution >= 4 is 16.1 Å². The van der Waals surface area contributed by atoms with Gasteiger partial charge >= 0.3 is 34.9 Å². The van der Waals surface area contributed by atoms with E-state index >= 15 is 0 Å². The monoisotopic (exact) mass is 204 g/mol. The van der Waals surface area contributed by atoms with E-state index in [-0.39, 0.29) is 26.7 Å². The van der Waals surface area contributed by atoms with E-state index in [0.717, 1.165) is 6.42 Å². The molecule has 0 fully saturated rings. The van der Waals surface area contributed by atoms with Crippen LogP contribution >= 0.6 is 0 Å². The van der Waals surface area contributed by atoms with Gasteiger partial charge in [-0.25, -0.2) is 0 Å². The molecule has 0 saturated carbocycles. The predicted octanol–water partition coefficient (Wildman–Crippen LogP) is -2.32. The molecule has 0 aromatic carbocycles. The summed E-state index contributed by atoms with van der Waals surface area (Å²) in [5, 5.41) is 0. The topological polar surface area (TPSA) is 80.7 Å². The Bertz CT molecular complexity index is 241. The standard InChI is InChI=1S/C6H12O5S.Li.H/c1-2-3-4-6(7)11-5-12(8,9)10;;/h2-5H2,1H3,(H,8,9,10);;/q;+1;-1. The van der Waals surface area contributed by atoms with Gasteiger partial charge in [-0.05, 0) is 6.42 Å². The van der Waals surface area contributed by atoms with Crippen LogP contribution in [0.25, 0.3) is 0 Å². The molecule has 0 heterocycles. The third kappa shape index (κ3) is 12.0. The van der Waals surface area contributed by atoms with Gasteiger partial charge in [0.15, 0.2) is 0 Å². The van der Waals surface area contributed by atoms with E-state index in [1.165, 1.54) is 0 Å². The van der Waals surface area contributed by atoms with Crippen LogP contribution < -0.4 is 18.9 Å². The van der Waals surface area contributed by atoms with Crippen LogP contribution in [0.2, 0.25) is 0 Å². The molecule has 0 spiro atoms. The molecule has 74 valence electrons. The molecule has 0 amide bonds. The van der Waals surface area contributed by atoms with Crippen molar-refractivity contribution in [1.29, 1.82) is 0 Å². The maximum atomic E-state index is 10.7. The Morgan fingerprint density at radius 2 is 2.08 bits per heavy atom. The van der Waals surface area contributed by atoms with Crippen molar-refractivity contribution in [3.8, 4) is 0 Å². The molecule has 0 rings (SSSR count). The van der Waals surface area contributed by atoms with E-state index in [0.29, 0.717) is 6.42 Å². The molecule has 0 radical (unpaired) electrons. The summed E-state index contributed by atoms with van der Waals surface area (Å²) in [7, 11) is -4.19. The van der Waals surface area contributed by atoms with Crippen LogP contribution in [-0.2, 0) is 19.6 Å². The predicted molar refractivity (Wildman–Crippen MR) is 43.1 cm³/mol. The molecule has 0 aliphatic carbocycles. The van der Waals surface area contributed by atoms with E-state index in [1.807, 2.05) is 6.92 Å². The molecule has 0 bridgehead atoms. The first kappa shape index (κ1) is 15.4. The summed E-state index contributed by atoms with van der Waals surface area (Å²) in [5.41, 5.74) is 0. The Morgan fingerprint density at radius 3 is 2.46 bits per heavy atom. The van der Waals surface area contributed by atoms with Crippen molar-refractivity contribution in [1.82, 2.24) is 0 Å². The van der Waals surface area contributed by atoms with Gasteiger partial charge in [-0.2, -0.15) is 8.42 Å². The van der Waals surface area contributed by atoms with Crippen LogP contribution in [0, 0.1) is 0 Å². The van der Waals surface area contributed by atoms with E-state index in [4.69, 9.17) is 4.55 Å². The average molecular weight is 204 g/mol. The Labute approximate surface area is 91.3 Å². The minimum absolute atomic E-state index is 0. The second-order valence-corrected chi connectivity index (χ2v) is 3.72. The minimum Gasteiger partial charge on any atom is -1.00 e. The Hall–Kier alpha value is -0.0226. The Balaban J connectivity index is -0.000000605. The summed E-state index contributed by atoms with van der Waals surface area (Å²) in [5.74, 6) is -1.55. The van der Waals surface area contributed by atoms with Crippen molar-refractivity contribution in [3.63, 3.8) is 0 Å². The summed E-state index contributed by atoms with van der Waals surface area (Å²) in [6, 6.07) is 0. The smallest absolute Gasteiger partial charge is 1.00 e. The molecule has 13 heavy (non-hydrogen) atoms. The molecule has 7 heteroatoms. The number of hydrogen-bond acceptors (Lipinski definition) is 4. The number of carbonyl (C=O) groups is 1. The fraction of sp³-hybridized carbons (Fsp3) is 0.833. The van der Waals surface area contributed by atoms with Gasteiger partial charge in [-0.1, -0.05) is 13.3 Å². The molecule has 0 aromatic heterocycles. The quantitative estimate of drug-likeness (QED) is 0.309.